The summed E-state index contributed by atoms with van der Waals surface area (Å²) in [5.74, 6) is 0. The lowest BCUT2D eigenvalue weighted by atomic mass is 10.1. The van der Waals surface area contributed by atoms with Crippen LogP contribution >= 0.6 is 0 Å². The van der Waals surface area contributed by atoms with Crippen LogP contribution in [0, 0.1) is 0 Å². The monoisotopic (exact) mass is 605 g/mol. The van der Waals surface area contributed by atoms with Gasteiger partial charge < -0.3 is 22.6 Å². The molecule has 0 spiro atoms. The molecule has 4 aromatic heterocycles. The highest BCUT2D eigenvalue weighted by atomic mass is 16.3. The van der Waals surface area contributed by atoms with Crippen molar-refractivity contribution in [3.63, 3.8) is 0 Å². The van der Waals surface area contributed by atoms with E-state index in [1.54, 1.807) is 0 Å². The fourth-order valence-corrected chi connectivity index (χ4v) is 7.28. The first-order valence-electron chi connectivity index (χ1n) is 15.7. The topological polar surface area (TPSA) is 55.8 Å². The van der Waals surface area contributed by atoms with E-state index in [0.29, 0.717) is 0 Å². The van der Waals surface area contributed by atoms with Crippen LogP contribution in [0.5, 0.6) is 0 Å². The predicted octanol–water partition coefficient (Wildman–Crippen LogP) is 12.8. The van der Waals surface area contributed by atoms with Crippen molar-refractivity contribution in [1.82, 2.24) is 0 Å². The molecule has 7 aromatic carbocycles. The lowest BCUT2D eigenvalue weighted by Gasteiger charge is -2.25. The Hall–Kier alpha value is -6.46. The first kappa shape index (κ1) is 24.8. The molecule has 0 N–H and O–H groups in total. The zero-order chi connectivity index (χ0) is 30.6. The molecule has 0 bridgehead atoms. The molecule has 0 aliphatic carbocycles. The van der Waals surface area contributed by atoms with Gasteiger partial charge in [-0.05, 0) is 78.9 Å². The third kappa shape index (κ3) is 3.54. The minimum Gasteiger partial charge on any atom is -0.456 e. The molecule has 0 aliphatic heterocycles. The number of furan rings is 4. The maximum atomic E-state index is 6.39. The normalized spacial score (nSPS) is 12.3. The molecule has 11 aromatic rings. The van der Waals surface area contributed by atoms with E-state index < -0.39 is 0 Å². The van der Waals surface area contributed by atoms with E-state index in [-0.39, 0.29) is 0 Å². The first-order valence-corrected chi connectivity index (χ1v) is 15.7. The number of hydrogen-bond donors (Lipinski definition) is 0. The minimum absolute atomic E-state index is 0.799. The first-order chi connectivity index (χ1) is 23.2. The highest BCUT2D eigenvalue weighted by Crippen LogP contribution is 2.43. The van der Waals surface area contributed by atoms with Crippen LogP contribution in [-0.4, -0.2) is 0 Å². The van der Waals surface area contributed by atoms with Crippen LogP contribution < -0.4 is 4.90 Å². The van der Waals surface area contributed by atoms with E-state index in [0.717, 1.165) is 105 Å². The molecule has 5 nitrogen and oxygen atoms in total. The molecular weight excluding hydrogens is 582 g/mol. The number of hydrogen-bond acceptors (Lipinski definition) is 5. The Kier molecular flexibility index (Phi) is 4.78. The van der Waals surface area contributed by atoms with Crippen LogP contribution in [0.4, 0.5) is 17.1 Å². The standard InChI is InChI=1S/C42H23NO4/c1-4-10-35-27(7-1)30-19-24(13-16-38(30)44-35)43(25-14-17-39-31(20-25)28-8-2-5-11-36(28)45-39)26-15-18-40-32(21-26)34-22-33-29-9-3-6-12-37(29)46-41(33)23-42(34)47-40/h1-23H. The summed E-state index contributed by atoms with van der Waals surface area (Å²) >= 11 is 0. The van der Waals surface area contributed by atoms with Gasteiger partial charge in [0.25, 0.3) is 0 Å². The summed E-state index contributed by atoms with van der Waals surface area (Å²) in [4.78, 5) is 2.30. The number of rotatable bonds is 3. The Morgan fingerprint density at radius 3 is 1.02 bits per heavy atom. The van der Waals surface area contributed by atoms with Gasteiger partial charge in [0.05, 0.1) is 0 Å². The Labute approximate surface area is 266 Å². The number of anilines is 3. The summed E-state index contributed by atoms with van der Waals surface area (Å²) in [5, 5.41) is 8.59. The van der Waals surface area contributed by atoms with Gasteiger partial charge in [-0.3, -0.25) is 0 Å². The quantitative estimate of drug-likeness (QED) is 0.201. The molecule has 0 saturated heterocycles. The fourth-order valence-electron chi connectivity index (χ4n) is 7.28. The van der Waals surface area contributed by atoms with Gasteiger partial charge in [0.15, 0.2) is 0 Å². The molecule has 0 unspecified atom stereocenters. The second-order valence-corrected chi connectivity index (χ2v) is 12.1. The molecule has 11 rings (SSSR count). The average molecular weight is 606 g/mol. The Balaban J connectivity index is 1.17. The number of benzene rings is 7. The van der Waals surface area contributed by atoms with E-state index in [1.807, 2.05) is 48.5 Å². The summed E-state index contributed by atoms with van der Waals surface area (Å²) in [6.45, 7) is 0. The van der Waals surface area contributed by atoms with E-state index in [1.165, 1.54) is 0 Å². The van der Waals surface area contributed by atoms with E-state index in [9.17, 15) is 0 Å². The van der Waals surface area contributed by atoms with Crippen molar-refractivity contribution in [3.8, 4) is 0 Å². The van der Waals surface area contributed by atoms with Crippen LogP contribution in [0.3, 0.4) is 0 Å². The van der Waals surface area contributed by atoms with Gasteiger partial charge in [-0.2, -0.15) is 0 Å². The van der Waals surface area contributed by atoms with E-state index in [2.05, 4.69) is 95.9 Å². The molecule has 0 radical (unpaired) electrons. The van der Waals surface area contributed by atoms with Crippen molar-refractivity contribution in [1.29, 1.82) is 0 Å². The van der Waals surface area contributed by atoms with Crippen molar-refractivity contribution in [3.05, 3.63) is 140 Å². The molecule has 0 aliphatic rings. The number of nitrogens with zero attached hydrogens (tertiary/aromatic N) is 1. The number of fused-ring (bicyclic) bond motifs is 12. The molecule has 0 atom stereocenters. The lowest BCUT2D eigenvalue weighted by molar-refractivity contribution is 0.656. The molecule has 0 saturated carbocycles. The zero-order valence-electron chi connectivity index (χ0n) is 24.9. The second-order valence-electron chi connectivity index (χ2n) is 12.1. The van der Waals surface area contributed by atoms with Crippen molar-refractivity contribution in [2.45, 2.75) is 0 Å². The highest BCUT2D eigenvalue weighted by molar-refractivity contribution is 6.16. The highest BCUT2D eigenvalue weighted by Gasteiger charge is 2.20. The van der Waals surface area contributed by atoms with Gasteiger partial charge in [0, 0.05) is 66.2 Å². The largest absolute Gasteiger partial charge is 0.456 e. The van der Waals surface area contributed by atoms with Crippen molar-refractivity contribution in [2.24, 2.45) is 0 Å². The van der Waals surface area contributed by atoms with Gasteiger partial charge in [-0.15, -0.1) is 0 Å². The lowest BCUT2D eigenvalue weighted by Crippen LogP contribution is -2.09. The average Bonchev–Trinajstić information content (AvgIpc) is 3.87. The van der Waals surface area contributed by atoms with Crippen LogP contribution in [0.2, 0.25) is 0 Å². The minimum atomic E-state index is 0.799. The maximum Gasteiger partial charge on any atom is 0.139 e. The Morgan fingerprint density at radius 1 is 0.255 bits per heavy atom. The summed E-state index contributed by atoms with van der Waals surface area (Å²) in [7, 11) is 0. The summed E-state index contributed by atoms with van der Waals surface area (Å²) in [6.07, 6.45) is 0. The summed E-state index contributed by atoms with van der Waals surface area (Å²) < 4.78 is 25.0. The summed E-state index contributed by atoms with van der Waals surface area (Å²) in [5.41, 5.74) is 9.84. The van der Waals surface area contributed by atoms with Crippen molar-refractivity contribution >= 4 is 105 Å². The molecule has 0 fully saturated rings. The molecule has 0 amide bonds. The molecule has 47 heavy (non-hydrogen) atoms. The van der Waals surface area contributed by atoms with Crippen LogP contribution in [0.15, 0.2) is 157 Å². The van der Waals surface area contributed by atoms with Crippen molar-refractivity contribution < 1.29 is 17.7 Å². The third-order valence-corrected chi connectivity index (χ3v) is 9.45. The van der Waals surface area contributed by atoms with Crippen LogP contribution in [0.1, 0.15) is 0 Å². The fraction of sp³-hybridized carbons (Fsp3) is 0. The third-order valence-electron chi connectivity index (χ3n) is 9.45. The second kappa shape index (κ2) is 9.05. The van der Waals surface area contributed by atoms with E-state index in [4.69, 9.17) is 17.7 Å². The van der Waals surface area contributed by atoms with Crippen LogP contribution in [0.25, 0.3) is 87.8 Å². The zero-order valence-corrected chi connectivity index (χ0v) is 24.9. The van der Waals surface area contributed by atoms with Crippen molar-refractivity contribution in [2.75, 3.05) is 4.90 Å². The summed E-state index contributed by atoms with van der Waals surface area (Å²) in [6, 6.07) is 48.0. The Morgan fingerprint density at radius 2 is 0.574 bits per heavy atom. The van der Waals surface area contributed by atoms with Crippen LogP contribution in [-0.2, 0) is 0 Å². The van der Waals surface area contributed by atoms with Gasteiger partial charge in [-0.1, -0.05) is 54.6 Å². The van der Waals surface area contributed by atoms with Gasteiger partial charge >= 0.3 is 0 Å². The van der Waals surface area contributed by atoms with Gasteiger partial charge in [0.1, 0.15) is 44.7 Å². The Bertz CT molecular complexity index is 2930. The van der Waals surface area contributed by atoms with E-state index >= 15 is 0 Å². The molecular formula is C42H23NO4. The van der Waals surface area contributed by atoms with Gasteiger partial charge in [0.2, 0.25) is 0 Å². The number of para-hydroxylation sites is 3. The van der Waals surface area contributed by atoms with Gasteiger partial charge in [-0.25, -0.2) is 0 Å². The molecule has 4 heterocycles. The molecule has 5 heteroatoms. The predicted molar refractivity (Wildman–Crippen MR) is 190 cm³/mol. The smallest absolute Gasteiger partial charge is 0.139 e. The SMILES string of the molecule is c1ccc2c(c1)oc1ccc(N(c3ccc4oc5ccccc5c4c3)c3ccc4oc5cc6oc7ccccc7c6cc5c4c3)cc12. The molecule has 220 valence electrons. The maximum absolute atomic E-state index is 6.39.